The minimum absolute atomic E-state index is 0.105. The van der Waals surface area contributed by atoms with Gasteiger partial charge < -0.3 is 14.4 Å². The van der Waals surface area contributed by atoms with Crippen molar-refractivity contribution < 1.29 is 19.1 Å². The highest BCUT2D eigenvalue weighted by Gasteiger charge is 2.35. The van der Waals surface area contributed by atoms with Gasteiger partial charge in [0, 0.05) is 23.7 Å². The first-order valence-corrected chi connectivity index (χ1v) is 9.00. The lowest BCUT2D eigenvalue weighted by Crippen LogP contribution is -2.30. The predicted molar refractivity (Wildman–Crippen MR) is 107 cm³/mol. The summed E-state index contributed by atoms with van der Waals surface area (Å²) in [5, 5.41) is 4.58. The molecule has 0 radical (unpaired) electrons. The molecule has 0 aliphatic carbocycles. The van der Waals surface area contributed by atoms with Gasteiger partial charge >= 0.3 is 0 Å². The van der Waals surface area contributed by atoms with Gasteiger partial charge in [-0.1, -0.05) is 11.6 Å². The SMILES string of the molecule is COc1ccc(C=NNC(=O)C2CC(=O)N(c3ccc(Cl)cc3)C2)cc1OC. The number of ether oxygens (including phenoxy) is 2. The minimum atomic E-state index is -0.467. The van der Waals surface area contributed by atoms with Gasteiger partial charge in [0.1, 0.15) is 0 Å². The largest absolute Gasteiger partial charge is 0.493 e. The zero-order valence-corrected chi connectivity index (χ0v) is 16.3. The van der Waals surface area contributed by atoms with Crippen molar-refractivity contribution in [3.63, 3.8) is 0 Å². The van der Waals surface area contributed by atoms with E-state index < -0.39 is 5.92 Å². The number of amides is 2. The van der Waals surface area contributed by atoms with Gasteiger partial charge in [0.05, 0.1) is 26.4 Å². The molecule has 2 aromatic carbocycles. The van der Waals surface area contributed by atoms with Gasteiger partial charge in [0.25, 0.3) is 0 Å². The number of carbonyl (C=O) groups is 2. The molecule has 1 aliphatic rings. The number of nitrogens with zero attached hydrogens (tertiary/aromatic N) is 2. The summed E-state index contributed by atoms with van der Waals surface area (Å²) in [6, 6.07) is 12.2. The van der Waals surface area contributed by atoms with Crippen LogP contribution in [0, 0.1) is 5.92 Å². The number of carbonyl (C=O) groups excluding carboxylic acids is 2. The van der Waals surface area contributed by atoms with Gasteiger partial charge in [-0.3, -0.25) is 9.59 Å². The molecule has 0 saturated carbocycles. The fourth-order valence-electron chi connectivity index (χ4n) is 2.95. The van der Waals surface area contributed by atoms with Crippen molar-refractivity contribution in [2.24, 2.45) is 11.0 Å². The van der Waals surface area contributed by atoms with E-state index in [4.69, 9.17) is 21.1 Å². The highest BCUT2D eigenvalue weighted by Crippen LogP contribution is 2.27. The maximum absolute atomic E-state index is 12.4. The third-order valence-electron chi connectivity index (χ3n) is 4.43. The van der Waals surface area contributed by atoms with Crippen molar-refractivity contribution in [2.45, 2.75) is 6.42 Å². The molecule has 1 aliphatic heterocycles. The number of nitrogens with one attached hydrogen (secondary N) is 1. The van der Waals surface area contributed by atoms with Crippen LogP contribution in [-0.2, 0) is 9.59 Å². The summed E-state index contributed by atoms with van der Waals surface area (Å²) in [4.78, 5) is 26.2. The van der Waals surface area contributed by atoms with Crippen LogP contribution in [-0.4, -0.2) is 38.8 Å². The van der Waals surface area contributed by atoms with E-state index in [1.807, 2.05) is 0 Å². The van der Waals surface area contributed by atoms with E-state index in [1.54, 1.807) is 61.6 Å². The van der Waals surface area contributed by atoms with Gasteiger partial charge in [-0.25, -0.2) is 5.43 Å². The number of hydrogen-bond acceptors (Lipinski definition) is 5. The molecule has 1 saturated heterocycles. The average Bonchev–Trinajstić information content (AvgIpc) is 3.10. The standard InChI is InChI=1S/C20H20ClN3O4/c1-27-17-8-3-13(9-18(17)28-2)11-22-23-20(26)14-10-19(25)24(12-14)16-6-4-15(21)5-7-16/h3-9,11,14H,10,12H2,1-2H3,(H,23,26). The zero-order valence-electron chi connectivity index (χ0n) is 15.5. The average molecular weight is 402 g/mol. The van der Waals surface area contributed by atoms with E-state index in [1.165, 1.54) is 6.21 Å². The Kier molecular flexibility index (Phi) is 6.16. The second-order valence-corrected chi connectivity index (χ2v) is 6.67. The van der Waals surface area contributed by atoms with E-state index in [9.17, 15) is 9.59 Å². The lowest BCUT2D eigenvalue weighted by atomic mass is 10.1. The minimum Gasteiger partial charge on any atom is -0.493 e. The number of benzene rings is 2. The fourth-order valence-corrected chi connectivity index (χ4v) is 3.07. The summed E-state index contributed by atoms with van der Waals surface area (Å²) < 4.78 is 10.4. The van der Waals surface area contributed by atoms with Crippen LogP contribution in [0.1, 0.15) is 12.0 Å². The second-order valence-electron chi connectivity index (χ2n) is 6.23. The monoisotopic (exact) mass is 401 g/mol. The Morgan fingerprint density at radius 2 is 1.89 bits per heavy atom. The first-order valence-electron chi connectivity index (χ1n) is 8.62. The topological polar surface area (TPSA) is 80.2 Å². The van der Waals surface area contributed by atoms with Crippen molar-refractivity contribution in [1.82, 2.24) is 5.43 Å². The van der Waals surface area contributed by atoms with Crippen molar-refractivity contribution in [2.75, 3.05) is 25.7 Å². The number of halogens is 1. The van der Waals surface area contributed by atoms with Gasteiger partial charge in [-0.15, -0.1) is 0 Å². The van der Waals surface area contributed by atoms with Crippen LogP contribution in [0.15, 0.2) is 47.6 Å². The lowest BCUT2D eigenvalue weighted by Gasteiger charge is -2.16. The third kappa shape index (κ3) is 4.43. The van der Waals surface area contributed by atoms with E-state index in [0.29, 0.717) is 23.1 Å². The Balaban J connectivity index is 1.60. The molecule has 7 nitrogen and oxygen atoms in total. The molecule has 28 heavy (non-hydrogen) atoms. The Labute approximate surface area is 167 Å². The summed E-state index contributed by atoms with van der Waals surface area (Å²) in [5.74, 6) is 0.298. The molecule has 0 bridgehead atoms. The molecule has 146 valence electrons. The summed E-state index contributed by atoms with van der Waals surface area (Å²) in [6.07, 6.45) is 1.65. The first kappa shape index (κ1) is 19.7. The smallest absolute Gasteiger partial charge is 0.245 e. The first-order chi connectivity index (χ1) is 13.5. The second kappa shape index (κ2) is 8.75. The van der Waals surface area contributed by atoms with Crippen molar-refractivity contribution in [1.29, 1.82) is 0 Å². The van der Waals surface area contributed by atoms with E-state index >= 15 is 0 Å². The molecule has 2 aromatic rings. The highest BCUT2D eigenvalue weighted by atomic mass is 35.5. The van der Waals surface area contributed by atoms with Crippen LogP contribution in [0.2, 0.25) is 5.02 Å². The summed E-state index contributed by atoms with van der Waals surface area (Å²) in [5.41, 5.74) is 3.96. The summed E-state index contributed by atoms with van der Waals surface area (Å²) >= 11 is 5.88. The molecular formula is C20H20ClN3O4. The molecule has 1 fully saturated rings. The molecule has 0 spiro atoms. The zero-order chi connectivity index (χ0) is 20.1. The quantitative estimate of drug-likeness (QED) is 0.596. The van der Waals surface area contributed by atoms with Crippen LogP contribution in [0.25, 0.3) is 0 Å². The number of anilines is 1. The third-order valence-corrected chi connectivity index (χ3v) is 4.68. The van der Waals surface area contributed by atoms with Crippen molar-refractivity contribution >= 4 is 35.3 Å². The van der Waals surface area contributed by atoms with Crippen molar-refractivity contribution in [3.05, 3.63) is 53.1 Å². The molecule has 1 heterocycles. The molecule has 8 heteroatoms. The van der Waals surface area contributed by atoms with Crippen LogP contribution < -0.4 is 19.8 Å². The van der Waals surface area contributed by atoms with E-state index in [0.717, 1.165) is 11.3 Å². The van der Waals surface area contributed by atoms with E-state index in [-0.39, 0.29) is 18.2 Å². The lowest BCUT2D eigenvalue weighted by molar-refractivity contribution is -0.126. The van der Waals surface area contributed by atoms with Crippen LogP contribution in [0.3, 0.4) is 0 Å². The highest BCUT2D eigenvalue weighted by molar-refractivity contribution is 6.30. The number of rotatable bonds is 6. The molecule has 1 unspecified atom stereocenters. The van der Waals surface area contributed by atoms with Crippen LogP contribution >= 0.6 is 11.6 Å². The summed E-state index contributed by atoms with van der Waals surface area (Å²) in [7, 11) is 3.10. The van der Waals surface area contributed by atoms with Gasteiger partial charge in [0.15, 0.2) is 11.5 Å². The number of methoxy groups -OCH3 is 2. The maximum atomic E-state index is 12.4. The van der Waals surface area contributed by atoms with Gasteiger partial charge in [0.2, 0.25) is 11.8 Å². The molecule has 0 aromatic heterocycles. The van der Waals surface area contributed by atoms with Crippen molar-refractivity contribution in [3.8, 4) is 11.5 Å². The molecule has 2 amide bonds. The number of hydrogen-bond donors (Lipinski definition) is 1. The summed E-state index contributed by atoms with van der Waals surface area (Å²) in [6.45, 7) is 0.304. The molecule has 1 atom stereocenters. The van der Waals surface area contributed by atoms with E-state index in [2.05, 4.69) is 10.5 Å². The Morgan fingerprint density at radius 1 is 1.18 bits per heavy atom. The Morgan fingerprint density at radius 3 is 2.57 bits per heavy atom. The van der Waals surface area contributed by atoms with Gasteiger partial charge in [-0.2, -0.15) is 5.10 Å². The van der Waals surface area contributed by atoms with Gasteiger partial charge in [-0.05, 0) is 48.0 Å². The Hall–Kier alpha value is -3.06. The molecule has 1 N–H and O–H groups in total. The molecular weight excluding hydrogens is 382 g/mol. The predicted octanol–water partition coefficient (Wildman–Crippen LogP) is 2.86. The Bertz CT molecular complexity index is 899. The molecule has 3 rings (SSSR count). The maximum Gasteiger partial charge on any atom is 0.245 e. The van der Waals surface area contributed by atoms with Crippen LogP contribution in [0.4, 0.5) is 5.69 Å². The number of hydrazone groups is 1. The van der Waals surface area contributed by atoms with Crippen LogP contribution in [0.5, 0.6) is 11.5 Å². The normalized spacial score (nSPS) is 16.5. The fraction of sp³-hybridized carbons (Fsp3) is 0.250.